The summed E-state index contributed by atoms with van der Waals surface area (Å²) in [6, 6.07) is 0. The molecule has 1 rings (SSSR count). The molecule has 1 aliphatic carbocycles. The zero-order valence-electron chi connectivity index (χ0n) is 12.5. The van der Waals surface area contributed by atoms with Crippen molar-refractivity contribution in [2.24, 2.45) is 5.41 Å². The molecule has 0 aromatic heterocycles. The summed E-state index contributed by atoms with van der Waals surface area (Å²) in [6.45, 7) is 0.719. The van der Waals surface area contributed by atoms with Crippen LogP contribution in [0, 0.1) is 5.41 Å². The number of aliphatic carboxylic acids is 1. The fourth-order valence-corrected chi connectivity index (χ4v) is 3.53. The number of amides is 1. The van der Waals surface area contributed by atoms with E-state index in [0.717, 1.165) is 45.1 Å². The first-order chi connectivity index (χ1) is 9.58. The van der Waals surface area contributed by atoms with Gasteiger partial charge in [-0.05, 0) is 43.1 Å². The molecule has 0 heterocycles. The minimum Gasteiger partial charge on any atom is -0.481 e. The van der Waals surface area contributed by atoms with Crippen LogP contribution < -0.4 is 5.32 Å². The standard InChI is InChI=1S/C15H27NO3S/c1-20-10-6-2-5-9-16-13(17)11-15(12-14(18)19)7-3-4-8-15/h2-12H2,1H3,(H,16,17)(H,18,19). The second-order valence-electron chi connectivity index (χ2n) is 5.86. The average Bonchev–Trinajstić information content (AvgIpc) is 2.80. The monoisotopic (exact) mass is 301 g/mol. The Labute approximate surface area is 126 Å². The normalized spacial score (nSPS) is 17.1. The molecule has 0 radical (unpaired) electrons. The second kappa shape index (κ2) is 9.27. The summed E-state index contributed by atoms with van der Waals surface area (Å²) in [5.41, 5.74) is -0.283. The van der Waals surface area contributed by atoms with Crippen LogP contribution >= 0.6 is 11.8 Å². The van der Waals surface area contributed by atoms with E-state index in [9.17, 15) is 9.59 Å². The zero-order chi connectivity index (χ0) is 14.8. The van der Waals surface area contributed by atoms with E-state index in [-0.39, 0.29) is 17.7 Å². The van der Waals surface area contributed by atoms with Crippen LogP contribution in [0.15, 0.2) is 0 Å². The first kappa shape index (κ1) is 17.3. The number of carboxylic acids is 1. The fourth-order valence-electron chi connectivity index (χ4n) is 3.04. The summed E-state index contributed by atoms with van der Waals surface area (Å²) in [5, 5.41) is 12.0. The third-order valence-electron chi connectivity index (χ3n) is 4.07. The summed E-state index contributed by atoms with van der Waals surface area (Å²) in [6.07, 6.45) is 9.81. The molecule has 20 heavy (non-hydrogen) atoms. The van der Waals surface area contributed by atoms with Crippen molar-refractivity contribution < 1.29 is 14.7 Å². The van der Waals surface area contributed by atoms with Crippen LogP contribution in [0.4, 0.5) is 0 Å². The van der Waals surface area contributed by atoms with Gasteiger partial charge in [0.05, 0.1) is 6.42 Å². The van der Waals surface area contributed by atoms with Gasteiger partial charge in [-0.3, -0.25) is 9.59 Å². The van der Waals surface area contributed by atoms with Crippen LogP contribution in [0.3, 0.4) is 0 Å². The number of hydrogen-bond donors (Lipinski definition) is 2. The highest BCUT2D eigenvalue weighted by Crippen LogP contribution is 2.43. The Bertz CT molecular complexity index is 314. The van der Waals surface area contributed by atoms with Crippen LogP contribution in [0.2, 0.25) is 0 Å². The molecule has 0 aromatic rings. The average molecular weight is 301 g/mol. The maximum Gasteiger partial charge on any atom is 0.303 e. The van der Waals surface area contributed by atoms with Crippen molar-refractivity contribution in [3.63, 3.8) is 0 Å². The molecule has 1 fully saturated rings. The maximum absolute atomic E-state index is 12.0. The summed E-state index contributed by atoms with van der Waals surface area (Å²) >= 11 is 1.85. The van der Waals surface area contributed by atoms with Crippen molar-refractivity contribution in [3.8, 4) is 0 Å². The van der Waals surface area contributed by atoms with Crippen molar-refractivity contribution in [3.05, 3.63) is 0 Å². The number of carboxylic acid groups (broad SMARTS) is 1. The summed E-state index contributed by atoms with van der Waals surface area (Å²) in [7, 11) is 0. The molecule has 0 unspecified atom stereocenters. The van der Waals surface area contributed by atoms with Crippen LogP contribution in [0.5, 0.6) is 0 Å². The molecule has 1 aliphatic rings. The Kier molecular flexibility index (Phi) is 8.04. The first-order valence-electron chi connectivity index (χ1n) is 7.55. The summed E-state index contributed by atoms with van der Waals surface area (Å²) in [4.78, 5) is 22.9. The molecule has 0 atom stereocenters. The fraction of sp³-hybridized carbons (Fsp3) is 0.867. The molecule has 1 amide bonds. The third-order valence-corrected chi connectivity index (χ3v) is 4.77. The van der Waals surface area contributed by atoms with Gasteiger partial charge in [0.2, 0.25) is 5.91 Å². The van der Waals surface area contributed by atoms with Gasteiger partial charge in [0.15, 0.2) is 0 Å². The number of hydrogen-bond acceptors (Lipinski definition) is 3. The van der Waals surface area contributed by atoms with E-state index >= 15 is 0 Å². The molecule has 4 nitrogen and oxygen atoms in total. The van der Waals surface area contributed by atoms with Gasteiger partial charge < -0.3 is 10.4 Å². The Balaban J connectivity index is 2.23. The van der Waals surface area contributed by atoms with Crippen LogP contribution in [-0.2, 0) is 9.59 Å². The molecule has 2 N–H and O–H groups in total. The van der Waals surface area contributed by atoms with Crippen LogP contribution in [0.25, 0.3) is 0 Å². The Morgan fingerprint density at radius 1 is 1.15 bits per heavy atom. The minimum atomic E-state index is -0.781. The van der Waals surface area contributed by atoms with E-state index in [1.54, 1.807) is 0 Å². The molecule has 1 saturated carbocycles. The number of nitrogens with one attached hydrogen (secondary N) is 1. The molecule has 0 saturated heterocycles. The lowest BCUT2D eigenvalue weighted by atomic mass is 9.79. The highest BCUT2D eigenvalue weighted by molar-refractivity contribution is 7.98. The number of carbonyl (C=O) groups excluding carboxylic acids is 1. The smallest absolute Gasteiger partial charge is 0.303 e. The summed E-state index contributed by atoms with van der Waals surface area (Å²) in [5.74, 6) is 0.421. The maximum atomic E-state index is 12.0. The predicted molar refractivity (Wildman–Crippen MR) is 83.0 cm³/mol. The molecule has 5 heteroatoms. The van der Waals surface area contributed by atoms with E-state index in [1.165, 1.54) is 12.2 Å². The topological polar surface area (TPSA) is 66.4 Å². The lowest BCUT2D eigenvalue weighted by molar-refractivity contribution is -0.140. The first-order valence-corrected chi connectivity index (χ1v) is 8.95. The highest BCUT2D eigenvalue weighted by atomic mass is 32.2. The molecule has 0 spiro atoms. The Morgan fingerprint density at radius 2 is 1.85 bits per heavy atom. The molecular formula is C15H27NO3S. The van der Waals surface area contributed by atoms with Crippen molar-refractivity contribution in [2.45, 2.75) is 57.8 Å². The summed E-state index contributed by atoms with van der Waals surface area (Å²) < 4.78 is 0. The largest absolute Gasteiger partial charge is 0.481 e. The van der Waals surface area contributed by atoms with Gasteiger partial charge in [0.1, 0.15) is 0 Å². The van der Waals surface area contributed by atoms with Crippen LogP contribution in [0.1, 0.15) is 57.8 Å². The number of carbonyl (C=O) groups is 2. The van der Waals surface area contributed by atoms with Crippen molar-refractivity contribution in [1.29, 1.82) is 0 Å². The number of thioether (sulfide) groups is 1. The Morgan fingerprint density at radius 3 is 2.45 bits per heavy atom. The van der Waals surface area contributed by atoms with Crippen molar-refractivity contribution in [1.82, 2.24) is 5.32 Å². The molecule has 0 aliphatic heterocycles. The van der Waals surface area contributed by atoms with Gasteiger partial charge >= 0.3 is 5.97 Å². The zero-order valence-corrected chi connectivity index (χ0v) is 13.3. The number of unbranched alkanes of at least 4 members (excludes halogenated alkanes) is 2. The molecule has 0 aromatic carbocycles. The third kappa shape index (κ3) is 6.64. The second-order valence-corrected chi connectivity index (χ2v) is 6.84. The van der Waals surface area contributed by atoms with Crippen LogP contribution in [-0.4, -0.2) is 35.5 Å². The lowest BCUT2D eigenvalue weighted by Gasteiger charge is -2.26. The van der Waals surface area contributed by atoms with Crippen molar-refractivity contribution >= 4 is 23.6 Å². The van der Waals surface area contributed by atoms with Gasteiger partial charge in [-0.2, -0.15) is 11.8 Å². The molecule has 0 bridgehead atoms. The number of rotatable bonds is 10. The van der Waals surface area contributed by atoms with E-state index in [4.69, 9.17) is 5.11 Å². The van der Waals surface area contributed by atoms with Gasteiger partial charge in [-0.15, -0.1) is 0 Å². The quantitative estimate of drug-likeness (QED) is 0.609. The minimum absolute atomic E-state index is 0.0259. The van der Waals surface area contributed by atoms with Gasteiger partial charge in [-0.1, -0.05) is 19.3 Å². The van der Waals surface area contributed by atoms with Gasteiger partial charge in [-0.25, -0.2) is 0 Å². The molecular weight excluding hydrogens is 274 g/mol. The van der Waals surface area contributed by atoms with Crippen molar-refractivity contribution in [2.75, 3.05) is 18.6 Å². The van der Waals surface area contributed by atoms with E-state index in [0.29, 0.717) is 6.42 Å². The SMILES string of the molecule is CSCCCCCNC(=O)CC1(CC(=O)O)CCCC1. The van der Waals surface area contributed by atoms with E-state index < -0.39 is 5.97 Å². The van der Waals surface area contributed by atoms with Gasteiger partial charge in [0.25, 0.3) is 0 Å². The molecule has 116 valence electrons. The lowest BCUT2D eigenvalue weighted by Crippen LogP contribution is -2.32. The highest BCUT2D eigenvalue weighted by Gasteiger charge is 2.37. The van der Waals surface area contributed by atoms with E-state index in [2.05, 4.69) is 11.6 Å². The van der Waals surface area contributed by atoms with E-state index in [1.807, 2.05) is 11.8 Å². The van der Waals surface area contributed by atoms with Gasteiger partial charge in [0, 0.05) is 13.0 Å². The predicted octanol–water partition coefficient (Wildman–Crippen LogP) is 3.06. The Hall–Kier alpha value is -0.710.